The zero-order valence-corrected chi connectivity index (χ0v) is 18.2. The van der Waals surface area contributed by atoms with E-state index in [1.807, 2.05) is 50.2 Å². The van der Waals surface area contributed by atoms with E-state index in [0.717, 1.165) is 16.7 Å². The smallest absolute Gasteiger partial charge is 0.248 e. The van der Waals surface area contributed by atoms with Crippen LogP contribution in [-0.4, -0.2) is 29.7 Å². The molecule has 1 heterocycles. The van der Waals surface area contributed by atoms with Gasteiger partial charge in [0, 0.05) is 29.9 Å². The van der Waals surface area contributed by atoms with Crippen LogP contribution in [0.4, 0.5) is 0 Å². The zero-order valence-electron chi connectivity index (χ0n) is 18.2. The topological polar surface area (TPSA) is 57.4 Å². The minimum absolute atomic E-state index is 0.106. The first-order valence-electron chi connectivity index (χ1n) is 10.2. The van der Waals surface area contributed by atoms with Crippen molar-refractivity contribution in [3.05, 3.63) is 59.7 Å². The number of ether oxygens (including phenoxy) is 2. The lowest BCUT2D eigenvalue weighted by Crippen LogP contribution is -2.14. The van der Waals surface area contributed by atoms with Crippen molar-refractivity contribution in [2.45, 2.75) is 46.3 Å². The molecule has 5 heteroatoms. The van der Waals surface area contributed by atoms with Crippen molar-refractivity contribution < 1.29 is 13.9 Å². The molecule has 3 aromatic rings. The third kappa shape index (κ3) is 5.56. The molecule has 5 nitrogen and oxygen atoms in total. The number of nitrogens with zero attached hydrogens (tertiary/aromatic N) is 2. The Balaban J connectivity index is 1.73. The van der Waals surface area contributed by atoms with Gasteiger partial charge in [0.2, 0.25) is 18.1 Å². The van der Waals surface area contributed by atoms with E-state index in [1.54, 1.807) is 0 Å². The van der Waals surface area contributed by atoms with Crippen LogP contribution in [0.2, 0.25) is 0 Å². The van der Waals surface area contributed by atoms with Crippen LogP contribution < -0.4 is 0 Å². The lowest BCUT2D eigenvalue weighted by molar-refractivity contribution is -0.0969. The van der Waals surface area contributed by atoms with Crippen LogP contribution in [0.15, 0.2) is 52.9 Å². The Labute approximate surface area is 178 Å². The van der Waals surface area contributed by atoms with Gasteiger partial charge in [0.05, 0.1) is 0 Å². The first kappa shape index (κ1) is 21.8. The van der Waals surface area contributed by atoms with Crippen molar-refractivity contribution in [1.29, 1.82) is 0 Å². The molecule has 3 rings (SSSR count). The van der Waals surface area contributed by atoms with Crippen LogP contribution in [0.3, 0.4) is 0 Å². The lowest BCUT2D eigenvalue weighted by Gasteiger charge is -2.18. The summed E-state index contributed by atoms with van der Waals surface area (Å²) in [5.74, 6) is 7.05. The molecule has 0 spiro atoms. The standard InChI is InChI=1S/C25H28N2O3/c1-6-28-22(29-7-2)17-10-18-8-11-19(12-9-18)23-26-27-24(30-23)20-13-15-21(16-14-20)25(3,4)5/h8-9,11-16,22H,6-7H2,1-5H3. The molecule has 0 unspecified atom stereocenters. The Morgan fingerprint density at radius 1 is 0.833 bits per heavy atom. The van der Waals surface area contributed by atoms with Gasteiger partial charge in [-0.25, -0.2) is 0 Å². The van der Waals surface area contributed by atoms with Crippen LogP contribution in [0.1, 0.15) is 45.7 Å². The molecule has 0 N–H and O–H groups in total. The Hall–Kier alpha value is -2.94. The average Bonchev–Trinajstić information content (AvgIpc) is 3.22. The van der Waals surface area contributed by atoms with Crippen molar-refractivity contribution in [1.82, 2.24) is 10.2 Å². The van der Waals surface area contributed by atoms with E-state index in [9.17, 15) is 0 Å². The molecule has 1 aromatic heterocycles. The van der Waals surface area contributed by atoms with Gasteiger partial charge < -0.3 is 13.9 Å². The highest BCUT2D eigenvalue weighted by atomic mass is 16.7. The molecule has 0 aliphatic carbocycles. The van der Waals surface area contributed by atoms with Crippen LogP contribution in [0.25, 0.3) is 22.9 Å². The predicted molar refractivity (Wildman–Crippen MR) is 118 cm³/mol. The summed E-state index contributed by atoms with van der Waals surface area (Å²) in [6, 6.07) is 15.9. The Kier molecular flexibility index (Phi) is 7.04. The Bertz CT molecular complexity index is 998. The quantitative estimate of drug-likeness (QED) is 0.404. The molecule has 0 aliphatic heterocycles. The minimum Gasteiger partial charge on any atom is -0.416 e. The molecule has 0 fully saturated rings. The van der Waals surface area contributed by atoms with Gasteiger partial charge in [-0.05, 0) is 67.1 Å². The summed E-state index contributed by atoms with van der Waals surface area (Å²) in [7, 11) is 0. The second-order valence-electron chi connectivity index (χ2n) is 7.83. The molecule has 0 amide bonds. The highest BCUT2D eigenvalue weighted by Crippen LogP contribution is 2.27. The van der Waals surface area contributed by atoms with Crippen LogP contribution in [-0.2, 0) is 14.9 Å². The molecule has 156 valence electrons. The fourth-order valence-electron chi connectivity index (χ4n) is 2.84. The second-order valence-corrected chi connectivity index (χ2v) is 7.83. The van der Waals surface area contributed by atoms with E-state index in [0.29, 0.717) is 25.0 Å². The van der Waals surface area contributed by atoms with E-state index in [2.05, 4.69) is 54.9 Å². The molecule has 0 saturated carbocycles. The fraction of sp³-hybridized carbons (Fsp3) is 0.360. The number of benzene rings is 2. The van der Waals surface area contributed by atoms with E-state index < -0.39 is 6.29 Å². The number of aromatic nitrogens is 2. The largest absolute Gasteiger partial charge is 0.416 e. The van der Waals surface area contributed by atoms with Crippen molar-refractivity contribution in [3.63, 3.8) is 0 Å². The van der Waals surface area contributed by atoms with Crippen LogP contribution in [0, 0.1) is 11.8 Å². The van der Waals surface area contributed by atoms with Gasteiger partial charge in [0.15, 0.2) is 0 Å². The molecule has 2 aromatic carbocycles. The summed E-state index contributed by atoms with van der Waals surface area (Å²) in [4.78, 5) is 0. The van der Waals surface area contributed by atoms with Gasteiger partial charge in [0.1, 0.15) is 0 Å². The van der Waals surface area contributed by atoms with Gasteiger partial charge in [0.25, 0.3) is 0 Å². The number of hydrogen-bond acceptors (Lipinski definition) is 5. The molecule has 0 aliphatic rings. The van der Waals surface area contributed by atoms with E-state index in [4.69, 9.17) is 13.9 Å². The van der Waals surface area contributed by atoms with Gasteiger partial charge in [-0.2, -0.15) is 0 Å². The van der Waals surface area contributed by atoms with Crippen molar-refractivity contribution in [3.8, 4) is 34.7 Å². The van der Waals surface area contributed by atoms with Crippen LogP contribution in [0.5, 0.6) is 0 Å². The summed E-state index contributed by atoms with van der Waals surface area (Å²) in [5.41, 5.74) is 3.98. The fourth-order valence-corrected chi connectivity index (χ4v) is 2.84. The van der Waals surface area contributed by atoms with Gasteiger partial charge >= 0.3 is 0 Å². The van der Waals surface area contributed by atoms with E-state index >= 15 is 0 Å². The van der Waals surface area contributed by atoms with Crippen LogP contribution >= 0.6 is 0 Å². The van der Waals surface area contributed by atoms with E-state index in [1.165, 1.54) is 5.56 Å². The number of hydrogen-bond donors (Lipinski definition) is 0. The second kappa shape index (κ2) is 9.71. The summed E-state index contributed by atoms with van der Waals surface area (Å²) in [6.45, 7) is 11.5. The third-order valence-electron chi connectivity index (χ3n) is 4.53. The lowest BCUT2D eigenvalue weighted by atomic mass is 9.87. The highest BCUT2D eigenvalue weighted by molar-refractivity contribution is 5.59. The van der Waals surface area contributed by atoms with Gasteiger partial charge in [-0.15, -0.1) is 10.2 Å². The summed E-state index contributed by atoms with van der Waals surface area (Å²) in [6.07, 6.45) is -0.511. The maximum absolute atomic E-state index is 5.88. The summed E-state index contributed by atoms with van der Waals surface area (Å²) in [5, 5.41) is 8.39. The molecule has 0 bridgehead atoms. The van der Waals surface area contributed by atoms with Crippen molar-refractivity contribution >= 4 is 0 Å². The van der Waals surface area contributed by atoms with Gasteiger partial charge in [-0.1, -0.05) is 38.8 Å². The molecule has 0 saturated heterocycles. The van der Waals surface area contributed by atoms with Gasteiger partial charge in [-0.3, -0.25) is 0 Å². The summed E-state index contributed by atoms with van der Waals surface area (Å²) >= 11 is 0. The Morgan fingerprint density at radius 3 is 1.80 bits per heavy atom. The first-order valence-corrected chi connectivity index (χ1v) is 10.2. The Morgan fingerprint density at radius 2 is 1.33 bits per heavy atom. The monoisotopic (exact) mass is 404 g/mol. The first-order chi connectivity index (χ1) is 14.4. The molecule has 0 atom stereocenters. The third-order valence-corrected chi connectivity index (χ3v) is 4.53. The zero-order chi connectivity index (χ0) is 21.6. The van der Waals surface area contributed by atoms with Crippen molar-refractivity contribution in [2.24, 2.45) is 0 Å². The SMILES string of the molecule is CCOC(C#Cc1ccc(-c2nnc(-c3ccc(C(C)(C)C)cc3)o2)cc1)OCC. The highest BCUT2D eigenvalue weighted by Gasteiger charge is 2.15. The average molecular weight is 405 g/mol. The number of rotatable bonds is 6. The minimum atomic E-state index is -0.511. The predicted octanol–water partition coefficient (Wildman–Crippen LogP) is 5.45. The van der Waals surface area contributed by atoms with E-state index in [-0.39, 0.29) is 5.41 Å². The maximum Gasteiger partial charge on any atom is 0.248 e. The summed E-state index contributed by atoms with van der Waals surface area (Å²) < 4.78 is 16.8. The molecule has 0 radical (unpaired) electrons. The molecular weight excluding hydrogens is 376 g/mol. The molecular formula is C25H28N2O3. The maximum atomic E-state index is 5.88. The molecule has 30 heavy (non-hydrogen) atoms. The normalized spacial score (nSPS) is 11.4. The van der Waals surface area contributed by atoms with Crippen molar-refractivity contribution in [2.75, 3.05) is 13.2 Å².